The lowest BCUT2D eigenvalue weighted by molar-refractivity contribution is -0.144. The molecule has 1 rings (SSSR count). The first-order valence-electron chi connectivity index (χ1n) is 6.71. The first-order valence-corrected chi connectivity index (χ1v) is 6.71. The number of unbranched alkanes of at least 4 members (excludes halogenated alkanes) is 1. The average molecular weight is 258 g/mol. The first-order chi connectivity index (χ1) is 8.69. The molecule has 1 fully saturated rings. The van der Waals surface area contributed by atoms with Crippen LogP contribution < -0.4 is 0 Å². The van der Waals surface area contributed by atoms with Crippen LogP contribution in [0.1, 0.15) is 40.0 Å². The molecule has 1 aliphatic rings. The van der Waals surface area contributed by atoms with Gasteiger partial charge in [0.15, 0.2) is 0 Å². The number of carbonyl (C=O) groups excluding carboxylic acids is 1. The third-order valence-corrected chi connectivity index (χ3v) is 2.46. The summed E-state index contributed by atoms with van der Waals surface area (Å²) >= 11 is 0. The number of esters is 1. The van der Waals surface area contributed by atoms with E-state index in [4.69, 9.17) is 14.2 Å². The maximum atomic E-state index is 10.9. The fraction of sp³-hybridized carbons (Fsp3) is 0.786. The maximum Gasteiger partial charge on any atom is 0.330 e. The van der Waals surface area contributed by atoms with Gasteiger partial charge in [0.2, 0.25) is 0 Å². The van der Waals surface area contributed by atoms with E-state index in [2.05, 4.69) is 13.5 Å². The van der Waals surface area contributed by atoms with Crippen molar-refractivity contribution in [2.24, 2.45) is 0 Å². The lowest BCUT2D eigenvalue weighted by Crippen LogP contribution is -2.22. The van der Waals surface area contributed by atoms with Crippen LogP contribution in [0.3, 0.4) is 0 Å². The fourth-order valence-corrected chi connectivity index (χ4v) is 1.40. The van der Waals surface area contributed by atoms with E-state index in [1.807, 2.05) is 13.8 Å². The predicted molar refractivity (Wildman–Crippen MR) is 71.5 cm³/mol. The van der Waals surface area contributed by atoms with Gasteiger partial charge in [0, 0.05) is 19.3 Å². The van der Waals surface area contributed by atoms with Gasteiger partial charge in [-0.15, -0.1) is 0 Å². The molecule has 0 bridgehead atoms. The molecular formula is C14H26O4. The quantitative estimate of drug-likeness (QED) is 0.381. The Bertz CT molecular complexity index is 222. The molecule has 4 nitrogen and oxygen atoms in total. The highest BCUT2D eigenvalue weighted by molar-refractivity contribution is 5.81. The molecule has 4 heteroatoms. The number of epoxide rings is 1. The number of rotatable bonds is 8. The van der Waals surface area contributed by atoms with Crippen molar-refractivity contribution in [3.05, 3.63) is 12.7 Å². The molecule has 1 saturated heterocycles. The van der Waals surface area contributed by atoms with E-state index >= 15 is 0 Å². The number of ether oxygens (including phenoxy) is 3. The summed E-state index contributed by atoms with van der Waals surface area (Å²) in [6.45, 7) is 11.9. The molecule has 0 N–H and O–H groups in total. The highest BCUT2D eigenvalue weighted by Gasteiger charge is 2.34. The lowest BCUT2D eigenvalue weighted by Gasteiger charge is -2.13. The molecule has 18 heavy (non-hydrogen) atoms. The van der Waals surface area contributed by atoms with Crippen LogP contribution in [-0.2, 0) is 19.0 Å². The van der Waals surface area contributed by atoms with E-state index in [1.165, 1.54) is 6.08 Å². The van der Waals surface area contributed by atoms with Crippen molar-refractivity contribution < 1.29 is 19.0 Å². The van der Waals surface area contributed by atoms with E-state index in [0.717, 1.165) is 39.1 Å². The Morgan fingerprint density at radius 1 is 1.44 bits per heavy atom. The molecule has 1 aliphatic heterocycles. The van der Waals surface area contributed by atoms with E-state index in [9.17, 15) is 4.79 Å². The van der Waals surface area contributed by atoms with Crippen LogP contribution >= 0.6 is 0 Å². The van der Waals surface area contributed by atoms with E-state index < -0.39 is 0 Å². The summed E-state index contributed by atoms with van der Waals surface area (Å²) in [5.41, 5.74) is 0. The van der Waals surface area contributed by atoms with Crippen molar-refractivity contribution in [3.8, 4) is 0 Å². The molecule has 0 aliphatic carbocycles. The molecule has 0 saturated carbocycles. The number of hydrogen-bond donors (Lipinski definition) is 0. The van der Waals surface area contributed by atoms with Gasteiger partial charge in [-0.25, -0.2) is 4.79 Å². The van der Waals surface area contributed by atoms with Crippen molar-refractivity contribution in [1.82, 2.24) is 0 Å². The topological polar surface area (TPSA) is 48.1 Å². The van der Waals surface area contributed by atoms with Crippen molar-refractivity contribution in [2.45, 2.75) is 52.2 Å². The van der Waals surface area contributed by atoms with Crippen molar-refractivity contribution >= 4 is 5.97 Å². The Morgan fingerprint density at radius 2 is 2.06 bits per heavy atom. The number of carbonyl (C=O) groups is 1. The second-order valence-corrected chi connectivity index (χ2v) is 3.97. The van der Waals surface area contributed by atoms with Gasteiger partial charge in [0.1, 0.15) is 12.2 Å². The Kier molecular flexibility index (Phi) is 10.7. The Hall–Kier alpha value is -0.870. The standard InChI is InChI=1S/C10H16O3.C4H10O/c1-3-5-6-8(9-7-12-9)13-10(11)4-2;1-3-5-4-2/h4,8-9H,2-3,5-7H2,1H3;3-4H2,1-2H3. The minimum Gasteiger partial charge on any atom is -0.456 e. The van der Waals surface area contributed by atoms with Crippen LogP contribution in [0, 0.1) is 0 Å². The third kappa shape index (κ3) is 9.19. The van der Waals surface area contributed by atoms with Gasteiger partial charge in [-0.2, -0.15) is 0 Å². The van der Waals surface area contributed by atoms with E-state index in [1.54, 1.807) is 0 Å². The molecule has 0 radical (unpaired) electrons. The molecule has 0 aromatic rings. The zero-order valence-electron chi connectivity index (χ0n) is 11.8. The van der Waals surface area contributed by atoms with Crippen LogP contribution in [0.5, 0.6) is 0 Å². The van der Waals surface area contributed by atoms with Gasteiger partial charge in [0.25, 0.3) is 0 Å². The monoisotopic (exact) mass is 258 g/mol. The molecule has 2 atom stereocenters. The molecule has 2 unspecified atom stereocenters. The number of hydrogen-bond acceptors (Lipinski definition) is 4. The van der Waals surface area contributed by atoms with Crippen LogP contribution in [0.15, 0.2) is 12.7 Å². The van der Waals surface area contributed by atoms with Crippen molar-refractivity contribution in [1.29, 1.82) is 0 Å². The lowest BCUT2D eigenvalue weighted by atomic mass is 10.1. The second-order valence-electron chi connectivity index (χ2n) is 3.97. The summed E-state index contributed by atoms with van der Waals surface area (Å²) in [6, 6.07) is 0. The van der Waals surface area contributed by atoms with Crippen LogP contribution in [0.25, 0.3) is 0 Å². The highest BCUT2D eigenvalue weighted by Crippen LogP contribution is 2.21. The Morgan fingerprint density at radius 3 is 2.39 bits per heavy atom. The van der Waals surface area contributed by atoms with Crippen LogP contribution in [0.2, 0.25) is 0 Å². The van der Waals surface area contributed by atoms with E-state index in [-0.39, 0.29) is 18.2 Å². The van der Waals surface area contributed by atoms with Gasteiger partial charge in [-0.1, -0.05) is 19.9 Å². The zero-order chi connectivity index (χ0) is 13.8. The summed E-state index contributed by atoms with van der Waals surface area (Å²) in [7, 11) is 0. The average Bonchev–Trinajstić information content (AvgIpc) is 3.20. The minimum absolute atomic E-state index is 0.0644. The fourth-order valence-electron chi connectivity index (χ4n) is 1.40. The molecule has 0 aromatic heterocycles. The molecule has 1 heterocycles. The summed E-state index contributed by atoms with van der Waals surface area (Å²) in [5.74, 6) is -0.350. The maximum absolute atomic E-state index is 10.9. The summed E-state index contributed by atoms with van der Waals surface area (Å²) in [5, 5.41) is 0. The van der Waals surface area contributed by atoms with Crippen molar-refractivity contribution in [3.63, 3.8) is 0 Å². The smallest absolute Gasteiger partial charge is 0.330 e. The second kappa shape index (κ2) is 11.2. The first kappa shape index (κ1) is 17.1. The SMILES string of the molecule is C=CC(=O)OC(CCCC)C1CO1.CCOCC. The van der Waals surface area contributed by atoms with Crippen LogP contribution in [-0.4, -0.2) is 38.0 Å². The van der Waals surface area contributed by atoms with Gasteiger partial charge < -0.3 is 14.2 Å². The predicted octanol–water partition coefficient (Wildman–Crippen LogP) is 2.72. The van der Waals surface area contributed by atoms with Gasteiger partial charge in [0.05, 0.1) is 6.61 Å². The minimum atomic E-state index is -0.350. The molecule has 0 amide bonds. The van der Waals surface area contributed by atoms with Gasteiger partial charge in [-0.3, -0.25) is 0 Å². The van der Waals surface area contributed by atoms with E-state index in [0.29, 0.717) is 0 Å². The van der Waals surface area contributed by atoms with Crippen molar-refractivity contribution in [2.75, 3.05) is 19.8 Å². The molecule has 106 valence electrons. The summed E-state index contributed by atoms with van der Waals surface area (Å²) in [4.78, 5) is 10.9. The Labute approximate surface area is 110 Å². The summed E-state index contributed by atoms with van der Waals surface area (Å²) < 4.78 is 15.1. The zero-order valence-corrected chi connectivity index (χ0v) is 11.8. The Balaban J connectivity index is 0.000000494. The normalized spacial score (nSPS) is 18.3. The van der Waals surface area contributed by atoms with Crippen LogP contribution in [0.4, 0.5) is 0 Å². The molecule has 0 spiro atoms. The molecule has 0 aromatic carbocycles. The van der Waals surface area contributed by atoms with Gasteiger partial charge in [-0.05, 0) is 26.7 Å². The van der Waals surface area contributed by atoms with Gasteiger partial charge >= 0.3 is 5.97 Å². The third-order valence-electron chi connectivity index (χ3n) is 2.46. The largest absolute Gasteiger partial charge is 0.456 e. The molecular weight excluding hydrogens is 232 g/mol. The highest BCUT2D eigenvalue weighted by atomic mass is 16.6. The summed E-state index contributed by atoms with van der Waals surface area (Å²) in [6.07, 6.45) is 4.33.